The van der Waals surface area contributed by atoms with Crippen LogP contribution in [0.1, 0.15) is 44.2 Å². The van der Waals surface area contributed by atoms with E-state index in [4.69, 9.17) is 0 Å². The number of thioether (sulfide) groups is 1. The van der Waals surface area contributed by atoms with Crippen molar-refractivity contribution in [3.8, 4) is 0 Å². The third-order valence-electron chi connectivity index (χ3n) is 4.77. The van der Waals surface area contributed by atoms with Crippen molar-refractivity contribution >= 4 is 22.5 Å². The van der Waals surface area contributed by atoms with Crippen molar-refractivity contribution in [2.24, 2.45) is 0 Å². The minimum absolute atomic E-state index is 0.436. The standard InChI is InChI=1S/C19H25NS/c1-14(20-18-9-11-19(21-2)12-10-18)16-8-7-15-5-3-4-6-17(15)13-16/h3-8,13-14,18-20H,9-12H2,1-2H3. The quantitative estimate of drug-likeness (QED) is 0.836. The monoisotopic (exact) mass is 299 g/mol. The molecule has 1 fully saturated rings. The van der Waals surface area contributed by atoms with Gasteiger partial charge in [0.2, 0.25) is 0 Å². The van der Waals surface area contributed by atoms with Crippen molar-refractivity contribution in [3.63, 3.8) is 0 Å². The fraction of sp³-hybridized carbons (Fsp3) is 0.474. The molecule has 1 nitrogen and oxygen atoms in total. The maximum Gasteiger partial charge on any atom is 0.0294 e. The summed E-state index contributed by atoms with van der Waals surface area (Å²) in [6.07, 6.45) is 7.62. The average molecular weight is 299 g/mol. The molecule has 0 bridgehead atoms. The maximum atomic E-state index is 3.84. The summed E-state index contributed by atoms with van der Waals surface area (Å²) in [7, 11) is 0. The SMILES string of the molecule is CSC1CCC(NC(C)c2ccc3ccccc3c2)CC1. The molecule has 0 amide bonds. The summed E-state index contributed by atoms with van der Waals surface area (Å²) in [5.41, 5.74) is 1.40. The third-order valence-corrected chi connectivity index (χ3v) is 5.90. The molecule has 0 radical (unpaired) electrons. The number of nitrogens with one attached hydrogen (secondary N) is 1. The lowest BCUT2D eigenvalue weighted by molar-refractivity contribution is 0.352. The minimum atomic E-state index is 0.436. The van der Waals surface area contributed by atoms with Gasteiger partial charge in [0.25, 0.3) is 0 Å². The second kappa shape index (κ2) is 6.85. The topological polar surface area (TPSA) is 12.0 Å². The van der Waals surface area contributed by atoms with E-state index in [2.05, 4.69) is 61.0 Å². The third kappa shape index (κ3) is 3.61. The lowest BCUT2D eigenvalue weighted by Crippen LogP contribution is -2.35. The van der Waals surface area contributed by atoms with Gasteiger partial charge in [0.15, 0.2) is 0 Å². The minimum Gasteiger partial charge on any atom is -0.307 e. The van der Waals surface area contributed by atoms with Gasteiger partial charge < -0.3 is 5.32 Å². The number of rotatable bonds is 4. The van der Waals surface area contributed by atoms with Gasteiger partial charge in [-0.15, -0.1) is 0 Å². The van der Waals surface area contributed by atoms with E-state index in [9.17, 15) is 0 Å². The van der Waals surface area contributed by atoms with Crippen molar-refractivity contribution in [3.05, 3.63) is 48.0 Å². The van der Waals surface area contributed by atoms with E-state index in [1.165, 1.54) is 42.0 Å². The van der Waals surface area contributed by atoms with Gasteiger partial charge in [-0.05, 0) is 61.3 Å². The molecule has 2 aromatic rings. The van der Waals surface area contributed by atoms with Gasteiger partial charge >= 0.3 is 0 Å². The van der Waals surface area contributed by atoms with Crippen molar-refractivity contribution in [1.29, 1.82) is 0 Å². The van der Waals surface area contributed by atoms with Gasteiger partial charge in [-0.2, -0.15) is 11.8 Å². The Bertz CT molecular complexity index is 587. The molecule has 2 aromatic carbocycles. The molecule has 1 aliphatic carbocycles. The highest BCUT2D eigenvalue weighted by Gasteiger charge is 2.21. The Balaban J connectivity index is 1.65. The highest BCUT2D eigenvalue weighted by Crippen LogP contribution is 2.28. The maximum absolute atomic E-state index is 3.84. The number of hydrogen-bond donors (Lipinski definition) is 1. The van der Waals surface area contributed by atoms with Crippen molar-refractivity contribution in [1.82, 2.24) is 5.32 Å². The van der Waals surface area contributed by atoms with E-state index in [0.29, 0.717) is 12.1 Å². The average Bonchev–Trinajstić information content (AvgIpc) is 2.55. The van der Waals surface area contributed by atoms with Crippen molar-refractivity contribution < 1.29 is 0 Å². The largest absolute Gasteiger partial charge is 0.307 e. The number of benzene rings is 2. The van der Waals surface area contributed by atoms with Crippen LogP contribution in [0.15, 0.2) is 42.5 Å². The second-order valence-electron chi connectivity index (χ2n) is 6.20. The predicted molar refractivity (Wildman–Crippen MR) is 95.1 cm³/mol. The molecule has 0 heterocycles. The second-order valence-corrected chi connectivity index (χ2v) is 7.34. The molecule has 2 heteroatoms. The molecule has 1 atom stereocenters. The van der Waals surface area contributed by atoms with Gasteiger partial charge in [0.05, 0.1) is 0 Å². The molecular weight excluding hydrogens is 274 g/mol. The molecule has 0 aromatic heterocycles. The van der Waals surface area contributed by atoms with Crippen LogP contribution in [-0.2, 0) is 0 Å². The zero-order valence-electron chi connectivity index (χ0n) is 13.0. The van der Waals surface area contributed by atoms with E-state index in [0.717, 1.165) is 5.25 Å². The smallest absolute Gasteiger partial charge is 0.0294 e. The summed E-state index contributed by atoms with van der Waals surface area (Å²) in [5, 5.41) is 7.39. The van der Waals surface area contributed by atoms with Crippen molar-refractivity contribution in [2.45, 2.75) is 49.9 Å². The van der Waals surface area contributed by atoms with Gasteiger partial charge in [-0.25, -0.2) is 0 Å². The molecule has 0 aliphatic heterocycles. The molecule has 1 unspecified atom stereocenters. The Morgan fingerprint density at radius 1 is 1.00 bits per heavy atom. The summed E-state index contributed by atoms with van der Waals surface area (Å²) < 4.78 is 0. The van der Waals surface area contributed by atoms with Crippen LogP contribution in [0.5, 0.6) is 0 Å². The number of fused-ring (bicyclic) bond motifs is 1. The molecular formula is C19H25NS. The van der Waals surface area contributed by atoms with Crippen LogP contribution >= 0.6 is 11.8 Å². The molecule has 21 heavy (non-hydrogen) atoms. The zero-order valence-corrected chi connectivity index (χ0v) is 13.8. The molecule has 112 valence electrons. The molecule has 1 aliphatic rings. The normalized spacial score (nSPS) is 24.1. The first-order valence-corrected chi connectivity index (χ1v) is 9.32. The summed E-state index contributed by atoms with van der Waals surface area (Å²) in [6.45, 7) is 2.30. The van der Waals surface area contributed by atoms with Crippen LogP contribution in [0.4, 0.5) is 0 Å². The molecule has 0 spiro atoms. The molecule has 3 rings (SSSR count). The molecule has 0 saturated heterocycles. The van der Waals surface area contributed by atoms with Crippen LogP contribution in [0, 0.1) is 0 Å². The Labute approximate surface area is 132 Å². The lowest BCUT2D eigenvalue weighted by Gasteiger charge is -2.30. The van der Waals surface area contributed by atoms with E-state index >= 15 is 0 Å². The van der Waals surface area contributed by atoms with E-state index in [1.807, 2.05) is 11.8 Å². The highest BCUT2D eigenvalue weighted by molar-refractivity contribution is 7.99. The fourth-order valence-electron chi connectivity index (χ4n) is 3.39. The fourth-order valence-corrected chi connectivity index (χ4v) is 4.14. The van der Waals surface area contributed by atoms with Gasteiger partial charge in [-0.1, -0.05) is 36.4 Å². The summed E-state index contributed by atoms with van der Waals surface area (Å²) in [4.78, 5) is 0. The predicted octanol–water partition coefficient (Wildman–Crippen LogP) is 5.16. The van der Waals surface area contributed by atoms with Crippen LogP contribution in [0.2, 0.25) is 0 Å². The lowest BCUT2D eigenvalue weighted by atomic mass is 9.93. The first-order chi connectivity index (χ1) is 10.3. The van der Waals surface area contributed by atoms with Gasteiger partial charge in [0.1, 0.15) is 0 Å². The zero-order chi connectivity index (χ0) is 14.7. The van der Waals surface area contributed by atoms with Crippen molar-refractivity contribution in [2.75, 3.05) is 6.26 Å². The van der Waals surface area contributed by atoms with Gasteiger partial charge in [-0.3, -0.25) is 0 Å². The Morgan fingerprint density at radius 2 is 1.71 bits per heavy atom. The molecule has 1 saturated carbocycles. The van der Waals surface area contributed by atoms with E-state index < -0.39 is 0 Å². The highest BCUT2D eigenvalue weighted by atomic mass is 32.2. The summed E-state index contributed by atoms with van der Waals surface area (Å²) >= 11 is 2.04. The van der Waals surface area contributed by atoms with E-state index in [1.54, 1.807) is 0 Å². The summed E-state index contributed by atoms with van der Waals surface area (Å²) in [5.74, 6) is 0. The van der Waals surface area contributed by atoms with Gasteiger partial charge in [0, 0.05) is 17.3 Å². The number of hydrogen-bond acceptors (Lipinski definition) is 2. The Morgan fingerprint density at radius 3 is 2.43 bits per heavy atom. The first-order valence-electron chi connectivity index (χ1n) is 8.04. The molecule has 1 N–H and O–H groups in total. The van der Waals surface area contributed by atoms with Crippen LogP contribution in [-0.4, -0.2) is 17.5 Å². The van der Waals surface area contributed by atoms with Crippen LogP contribution in [0.25, 0.3) is 10.8 Å². The Kier molecular flexibility index (Phi) is 4.87. The Hall–Kier alpha value is -0.990. The van der Waals surface area contributed by atoms with Crippen LogP contribution < -0.4 is 5.32 Å². The summed E-state index contributed by atoms with van der Waals surface area (Å²) in [6, 6.07) is 16.6. The van der Waals surface area contributed by atoms with Crippen LogP contribution in [0.3, 0.4) is 0 Å². The van der Waals surface area contributed by atoms with E-state index in [-0.39, 0.29) is 0 Å². The first kappa shape index (κ1) is 14.9.